The van der Waals surface area contributed by atoms with E-state index < -0.39 is 29.4 Å². The van der Waals surface area contributed by atoms with Gasteiger partial charge in [0.1, 0.15) is 17.6 Å². The number of nitrogens with zero attached hydrogens (tertiary/aromatic N) is 1. The minimum Gasteiger partial charge on any atom is -0.381 e. The molecule has 0 saturated carbocycles. The number of hydrogen-bond donors (Lipinski definition) is 5. The molecule has 5 N–H and O–H groups in total. The number of nitrogens with one attached hydrogen (secondary N) is 5. The predicted octanol–water partition coefficient (Wildman–Crippen LogP) is 1.65. The van der Waals surface area contributed by atoms with E-state index in [1.54, 1.807) is 11.8 Å². The van der Waals surface area contributed by atoms with Gasteiger partial charge in [-0.25, -0.2) is 0 Å². The van der Waals surface area contributed by atoms with Crippen LogP contribution in [0, 0.1) is 11.8 Å². The van der Waals surface area contributed by atoms with Crippen molar-refractivity contribution in [3.05, 3.63) is 29.6 Å². The van der Waals surface area contributed by atoms with Gasteiger partial charge in [0.2, 0.25) is 23.6 Å². The fourth-order valence-electron chi connectivity index (χ4n) is 5.07. The lowest BCUT2D eigenvalue weighted by Gasteiger charge is -2.38. The van der Waals surface area contributed by atoms with Crippen molar-refractivity contribution in [1.29, 1.82) is 0 Å². The fraction of sp³-hybridized carbons (Fsp3) is 0.700. The standard InChI is InChI=1S/C30H48N6O5S/c1-5-21(4)26-28(39)32-13-16-42-19-23-8-6-7-22(33-23)18-31-12-9-25(37)36-30(10-14-41-15-11-30)29(40)34-24(17-20(2)3)27(38)35-26/h6-8,20-21,24,26,31H,5,9-19H2,1-4H3,(H,32,39)(H,34,40)(H,35,38)(H,36,37)/t21-,24?,26-/m0/s1. The number of aromatic nitrogens is 1. The first-order valence-electron chi connectivity index (χ1n) is 15.1. The Hall–Kier alpha value is -2.70. The number of ether oxygens (including phenoxy) is 1. The lowest BCUT2D eigenvalue weighted by Crippen LogP contribution is -2.64. The molecule has 1 aromatic rings. The third kappa shape index (κ3) is 10.2. The van der Waals surface area contributed by atoms with Crippen molar-refractivity contribution in [1.82, 2.24) is 31.6 Å². The molecule has 1 unspecified atom stereocenters. The number of hydrogen-bond acceptors (Lipinski definition) is 8. The number of amides is 4. The Labute approximate surface area is 253 Å². The van der Waals surface area contributed by atoms with Crippen LogP contribution < -0.4 is 26.6 Å². The van der Waals surface area contributed by atoms with E-state index in [0.717, 1.165) is 11.4 Å². The first-order chi connectivity index (χ1) is 20.1. The molecule has 12 heteroatoms. The summed E-state index contributed by atoms with van der Waals surface area (Å²) in [5, 5.41) is 15.1. The van der Waals surface area contributed by atoms with Gasteiger partial charge in [0.05, 0.1) is 11.4 Å². The molecule has 3 heterocycles. The molecule has 1 spiro atoms. The number of carbonyl (C=O) groups is 4. The normalized spacial score (nSPS) is 24.4. The largest absolute Gasteiger partial charge is 0.381 e. The van der Waals surface area contributed by atoms with E-state index in [9.17, 15) is 19.2 Å². The molecular weight excluding hydrogens is 556 g/mol. The summed E-state index contributed by atoms with van der Waals surface area (Å²) in [5.74, 6) is 0.101. The zero-order valence-electron chi connectivity index (χ0n) is 25.4. The van der Waals surface area contributed by atoms with Crippen molar-refractivity contribution in [3.8, 4) is 0 Å². The molecule has 234 valence electrons. The van der Waals surface area contributed by atoms with Crippen molar-refractivity contribution in [2.45, 2.75) is 89.7 Å². The van der Waals surface area contributed by atoms with Gasteiger partial charge in [-0.15, -0.1) is 0 Å². The van der Waals surface area contributed by atoms with Crippen LogP contribution in [0.3, 0.4) is 0 Å². The quantitative estimate of drug-likeness (QED) is 0.348. The Balaban J connectivity index is 1.84. The van der Waals surface area contributed by atoms with Crippen LogP contribution in [0.5, 0.6) is 0 Å². The average Bonchev–Trinajstić information content (AvgIpc) is 2.97. The summed E-state index contributed by atoms with van der Waals surface area (Å²) in [4.78, 5) is 58.3. The highest BCUT2D eigenvalue weighted by Crippen LogP contribution is 2.22. The van der Waals surface area contributed by atoms with E-state index in [1.165, 1.54) is 0 Å². The van der Waals surface area contributed by atoms with Gasteiger partial charge >= 0.3 is 0 Å². The van der Waals surface area contributed by atoms with E-state index in [4.69, 9.17) is 9.72 Å². The highest BCUT2D eigenvalue weighted by atomic mass is 32.2. The number of fused-ring (bicyclic) bond motifs is 2. The van der Waals surface area contributed by atoms with Crippen LogP contribution >= 0.6 is 11.8 Å². The molecule has 11 nitrogen and oxygen atoms in total. The first kappa shape index (κ1) is 33.8. The van der Waals surface area contributed by atoms with Gasteiger partial charge < -0.3 is 31.3 Å². The highest BCUT2D eigenvalue weighted by Gasteiger charge is 2.43. The fourth-order valence-corrected chi connectivity index (χ4v) is 5.83. The van der Waals surface area contributed by atoms with Crippen molar-refractivity contribution in [2.75, 3.05) is 32.1 Å². The molecule has 2 bridgehead atoms. The zero-order chi connectivity index (χ0) is 30.5. The molecular formula is C30H48N6O5S. The second-order valence-electron chi connectivity index (χ2n) is 11.7. The van der Waals surface area contributed by atoms with Gasteiger partial charge in [0.15, 0.2) is 0 Å². The summed E-state index contributed by atoms with van der Waals surface area (Å²) in [6.07, 6.45) is 1.89. The number of rotatable bonds is 4. The van der Waals surface area contributed by atoms with Gasteiger partial charge in [-0.3, -0.25) is 24.2 Å². The Morgan fingerprint density at radius 2 is 1.76 bits per heavy atom. The predicted molar refractivity (Wildman–Crippen MR) is 163 cm³/mol. The van der Waals surface area contributed by atoms with E-state index in [0.29, 0.717) is 70.0 Å². The molecule has 2 aliphatic heterocycles. The maximum absolute atomic E-state index is 13.8. The topological polar surface area (TPSA) is 151 Å². The lowest BCUT2D eigenvalue weighted by atomic mass is 9.87. The van der Waals surface area contributed by atoms with Crippen LogP contribution in [0.15, 0.2) is 18.2 Å². The molecule has 1 aromatic heterocycles. The molecule has 3 atom stereocenters. The SMILES string of the molecule is CC[C@H](C)[C@@H]1NC(=O)C(CC(C)C)NC(=O)C2(CCOCC2)NC(=O)CCNCc2cccc(n2)CSCCNC1=O. The third-order valence-corrected chi connectivity index (χ3v) is 8.77. The number of pyridine rings is 1. The third-order valence-electron chi connectivity index (χ3n) is 7.78. The van der Waals surface area contributed by atoms with Crippen LogP contribution in [0.2, 0.25) is 0 Å². The minimum atomic E-state index is -1.18. The molecule has 0 radical (unpaired) electrons. The van der Waals surface area contributed by atoms with Crippen molar-refractivity contribution in [3.63, 3.8) is 0 Å². The van der Waals surface area contributed by atoms with Crippen LogP contribution in [0.1, 0.15) is 71.2 Å². The van der Waals surface area contributed by atoms with Gasteiger partial charge in [-0.1, -0.05) is 40.2 Å². The van der Waals surface area contributed by atoms with Gasteiger partial charge in [0, 0.05) is 63.6 Å². The first-order valence-corrected chi connectivity index (χ1v) is 16.3. The van der Waals surface area contributed by atoms with Crippen LogP contribution in [0.25, 0.3) is 0 Å². The molecule has 3 rings (SSSR count). The molecule has 1 fully saturated rings. The summed E-state index contributed by atoms with van der Waals surface area (Å²) < 4.78 is 5.51. The molecule has 1 saturated heterocycles. The Kier molecular flexibility index (Phi) is 13.5. The summed E-state index contributed by atoms with van der Waals surface area (Å²) >= 11 is 1.67. The summed E-state index contributed by atoms with van der Waals surface area (Å²) in [5.41, 5.74) is 0.648. The maximum atomic E-state index is 13.8. The van der Waals surface area contributed by atoms with Gasteiger partial charge in [0.25, 0.3) is 0 Å². The Morgan fingerprint density at radius 3 is 2.48 bits per heavy atom. The molecule has 0 aliphatic carbocycles. The van der Waals surface area contributed by atoms with E-state index in [2.05, 4.69) is 26.6 Å². The molecule has 42 heavy (non-hydrogen) atoms. The van der Waals surface area contributed by atoms with Crippen LogP contribution in [0.4, 0.5) is 0 Å². The van der Waals surface area contributed by atoms with Gasteiger partial charge in [-0.05, 0) is 30.4 Å². The average molecular weight is 605 g/mol. The molecule has 0 aromatic carbocycles. The summed E-state index contributed by atoms with van der Waals surface area (Å²) in [6, 6.07) is 4.29. The van der Waals surface area contributed by atoms with Crippen molar-refractivity contribution < 1.29 is 23.9 Å². The number of carbonyl (C=O) groups excluding carboxylic acids is 4. The van der Waals surface area contributed by atoms with E-state index >= 15 is 0 Å². The lowest BCUT2D eigenvalue weighted by molar-refractivity contribution is -0.140. The Morgan fingerprint density at radius 1 is 1.02 bits per heavy atom. The van der Waals surface area contributed by atoms with Crippen molar-refractivity contribution in [2.24, 2.45) is 11.8 Å². The van der Waals surface area contributed by atoms with E-state index in [1.807, 2.05) is 45.9 Å². The second-order valence-corrected chi connectivity index (χ2v) is 12.8. The summed E-state index contributed by atoms with van der Waals surface area (Å²) in [6.45, 7) is 9.91. The maximum Gasteiger partial charge on any atom is 0.246 e. The molecule has 2 aliphatic rings. The smallest absolute Gasteiger partial charge is 0.246 e. The Bertz CT molecular complexity index is 1060. The minimum absolute atomic E-state index is 0.105. The second kappa shape index (κ2) is 16.8. The van der Waals surface area contributed by atoms with Crippen LogP contribution in [-0.2, 0) is 36.2 Å². The van der Waals surface area contributed by atoms with Crippen molar-refractivity contribution >= 4 is 35.4 Å². The van der Waals surface area contributed by atoms with E-state index in [-0.39, 0.29) is 30.1 Å². The summed E-state index contributed by atoms with van der Waals surface area (Å²) in [7, 11) is 0. The van der Waals surface area contributed by atoms with Gasteiger partial charge in [-0.2, -0.15) is 11.8 Å². The number of thioether (sulfide) groups is 1. The monoisotopic (exact) mass is 604 g/mol. The molecule has 4 amide bonds. The zero-order valence-corrected chi connectivity index (χ0v) is 26.2. The highest BCUT2D eigenvalue weighted by molar-refractivity contribution is 7.98. The van der Waals surface area contributed by atoms with Crippen LogP contribution in [-0.4, -0.2) is 78.3 Å².